The van der Waals surface area contributed by atoms with Gasteiger partial charge in [-0.05, 0) is 12.1 Å². The van der Waals surface area contributed by atoms with E-state index in [1.807, 2.05) is 30.3 Å². The van der Waals surface area contributed by atoms with Gasteiger partial charge in [0.25, 0.3) is 0 Å². The number of allylic oxidation sites excluding steroid dienone is 1. The van der Waals surface area contributed by atoms with Crippen LogP contribution >= 0.6 is 0 Å². The number of anilines is 2. The number of nitrogens with zero attached hydrogens (tertiary/aromatic N) is 1. The maximum absolute atomic E-state index is 8.70. The van der Waals surface area contributed by atoms with E-state index in [2.05, 4.69) is 10.6 Å². The van der Waals surface area contributed by atoms with Crippen LogP contribution in [0, 0.1) is 11.3 Å². The number of benzene rings is 1. The Hall–Kier alpha value is -2.15. The Balaban J connectivity index is 2.44. The molecule has 0 unspecified atom stereocenters. The summed E-state index contributed by atoms with van der Waals surface area (Å²) in [4.78, 5) is 0. The standard InChI is InChI=1S/C9H8N4/c10-5-8-9(11)13-7-4-2-1-3-6(7)12-8/h1-4,12-13H,11H2. The Morgan fingerprint density at radius 2 is 1.77 bits per heavy atom. The van der Waals surface area contributed by atoms with E-state index < -0.39 is 0 Å². The topological polar surface area (TPSA) is 73.9 Å². The number of nitriles is 1. The minimum atomic E-state index is 0.360. The molecule has 64 valence electrons. The molecule has 2 rings (SSSR count). The predicted molar refractivity (Wildman–Crippen MR) is 50.5 cm³/mol. The molecule has 1 aromatic rings. The first-order valence-electron chi connectivity index (χ1n) is 3.84. The van der Waals surface area contributed by atoms with Crippen LogP contribution in [0.5, 0.6) is 0 Å². The zero-order chi connectivity index (χ0) is 9.26. The van der Waals surface area contributed by atoms with Gasteiger partial charge in [0.05, 0.1) is 11.4 Å². The summed E-state index contributed by atoms with van der Waals surface area (Å²) in [6, 6.07) is 9.54. The lowest BCUT2D eigenvalue weighted by Crippen LogP contribution is -2.21. The molecule has 0 saturated carbocycles. The first-order chi connectivity index (χ1) is 6.31. The number of nitrogens with two attached hydrogens (primary N) is 1. The van der Waals surface area contributed by atoms with Crippen molar-refractivity contribution in [2.75, 3.05) is 10.6 Å². The highest BCUT2D eigenvalue weighted by atomic mass is 15.1. The summed E-state index contributed by atoms with van der Waals surface area (Å²) in [5.74, 6) is 0.362. The Morgan fingerprint density at radius 3 is 2.38 bits per heavy atom. The summed E-state index contributed by atoms with van der Waals surface area (Å²) < 4.78 is 0. The van der Waals surface area contributed by atoms with Gasteiger partial charge in [-0.3, -0.25) is 0 Å². The molecule has 0 amide bonds. The maximum Gasteiger partial charge on any atom is 0.158 e. The first-order valence-corrected chi connectivity index (χ1v) is 3.84. The molecular formula is C9H8N4. The minimum Gasteiger partial charge on any atom is -0.383 e. The summed E-state index contributed by atoms with van der Waals surface area (Å²) in [6.45, 7) is 0. The van der Waals surface area contributed by atoms with Crippen LogP contribution in [0.3, 0.4) is 0 Å². The number of para-hydroxylation sites is 2. The van der Waals surface area contributed by atoms with E-state index in [0.29, 0.717) is 11.5 Å². The fourth-order valence-corrected chi connectivity index (χ4v) is 1.20. The van der Waals surface area contributed by atoms with Gasteiger partial charge in [-0.1, -0.05) is 12.1 Å². The second-order valence-corrected chi connectivity index (χ2v) is 2.70. The Morgan fingerprint density at radius 1 is 1.15 bits per heavy atom. The molecule has 0 saturated heterocycles. The highest BCUT2D eigenvalue weighted by Crippen LogP contribution is 2.27. The predicted octanol–water partition coefficient (Wildman–Crippen LogP) is 1.18. The molecule has 1 heterocycles. The summed E-state index contributed by atoms with van der Waals surface area (Å²) in [5.41, 5.74) is 7.70. The SMILES string of the molecule is N#CC1=C(N)Nc2ccccc2N1. The number of hydrogen-bond acceptors (Lipinski definition) is 4. The van der Waals surface area contributed by atoms with Crippen LogP contribution in [-0.2, 0) is 0 Å². The molecule has 4 heteroatoms. The van der Waals surface area contributed by atoms with Crippen molar-refractivity contribution in [3.8, 4) is 6.07 Å². The fraction of sp³-hybridized carbons (Fsp3) is 0. The average Bonchev–Trinajstić information content (AvgIpc) is 2.17. The van der Waals surface area contributed by atoms with Crippen LogP contribution in [0.25, 0.3) is 0 Å². The van der Waals surface area contributed by atoms with E-state index in [1.165, 1.54) is 0 Å². The normalized spacial score (nSPS) is 13.8. The Bertz CT molecular complexity index is 414. The summed E-state index contributed by atoms with van der Waals surface area (Å²) >= 11 is 0. The lowest BCUT2D eigenvalue weighted by molar-refractivity contribution is 1.21. The van der Waals surface area contributed by atoms with Gasteiger partial charge in [0.1, 0.15) is 11.9 Å². The first kappa shape index (κ1) is 7.50. The molecule has 0 atom stereocenters. The smallest absolute Gasteiger partial charge is 0.158 e. The third-order valence-electron chi connectivity index (χ3n) is 1.84. The lowest BCUT2D eigenvalue weighted by Gasteiger charge is -2.19. The van der Waals surface area contributed by atoms with E-state index in [1.54, 1.807) is 0 Å². The zero-order valence-corrected chi connectivity index (χ0v) is 6.83. The van der Waals surface area contributed by atoms with Crippen LogP contribution in [0.2, 0.25) is 0 Å². The van der Waals surface area contributed by atoms with Crippen molar-refractivity contribution in [2.45, 2.75) is 0 Å². The molecule has 0 spiro atoms. The van der Waals surface area contributed by atoms with E-state index in [9.17, 15) is 0 Å². The largest absolute Gasteiger partial charge is 0.383 e. The summed E-state index contributed by atoms with van der Waals surface area (Å²) in [6.07, 6.45) is 0. The summed E-state index contributed by atoms with van der Waals surface area (Å²) in [5, 5.41) is 14.6. The van der Waals surface area contributed by atoms with Crippen molar-refractivity contribution < 1.29 is 0 Å². The maximum atomic E-state index is 8.70. The van der Waals surface area contributed by atoms with Crippen molar-refractivity contribution in [1.82, 2.24) is 0 Å². The van der Waals surface area contributed by atoms with Crippen molar-refractivity contribution >= 4 is 11.4 Å². The van der Waals surface area contributed by atoms with Gasteiger partial charge in [0.2, 0.25) is 0 Å². The molecular weight excluding hydrogens is 164 g/mol. The van der Waals surface area contributed by atoms with Crippen molar-refractivity contribution in [2.24, 2.45) is 5.73 Å². The third-order valence-corrected chi connectivity index (χ3v) is 1.84. The molecule has 0 fully saturated rings. The number of hydrogen-bond donors (Lipinski definition) is 3. The van der Waals surface area contributed by atoms with E-state index in [-0.39, 0.29) is 0 Å². The van der Waals surface area contributed by atoms with Gasteiger partial charge in [-0.15, -0.1) is 0 Å². The quantitative estimate of drug-likeness (QED) is 0.549. The van der Waals surface area contributed by atoms with Gasteiger partial charge in [-0.25, -0.2) is 0 Å². The van der Waals surface area contributed by atoms with E-state index in [4.69, 9.17) is 11.0 Å². The van der Waals surface area contributed by atoms with Gasteiger partial charge >= 0.3 is 0 Å². The van der Waals surface area contributed by atoms with Crippen LogP contribution in [-0.4, -0.2) is 0 Å². The molecule has 4 nitrogen and oxygen atoms in total. The second-order valence-electron chi connectivity index (χ2n) is 2.70. The zero-order valence-electron chi connectivity index (χ0n) is 6.83. The van der Waals surface area contributed by atoms with Gasteiger partial charge < -0.3 is 16.4 Å². The molecule has 1 aliphatic heterocycles. The molecule has 4 N–H and O–H groups in total. The Kier molecular flexibility index (Phi) is 1.57. The van der Waals surface area contributed by atoms with Gasteiger partial charge in [-0.2, -0.15) is 5.26 Å². The molecule has 0 aromatic heterocycles. The van der Waals surface area contributed by atoms with Crippen molar-refractivity contribution in [3.05, 3.63) is 35.8 Å². The van der Waals surface area contributed by atoms with Crippen molar-refractivity contribution in [3.63, 3.8) is 0 Å². The van der Waals surface area contributed by atoms with Gasteiger partial charge in [0, 0.05) is 0 Å². The molecule has 0 radical (unpaired) electrons. The molecule has 13 heavy (non-hydrogen) atoms. The van der Waals surface area contributed by atoms with Crippen LogP contribution in [0.4, 0.5) is 11.4 Å². The molecule has 0 bridgehead atoms. The monoisotopic (exact) mass is 172 g/mol. The van der Waals surface area contributed by atoms with Crippen LogP contribution in [0.15, 0.2) is 35.8 Å². The van der Waals surface area contributed by atoms with Gasteiger partial charge in [0.15, 0.2) is 5.70 Å². The van der Waals surface area contributed by atoms with E-state index >= 15 is 0 Å². The molecule has 1 aliphatic rings. The van der Waals surface area contributed by atoms with Crippen LogP contribution in [0.1, 0.15) is 0 Å². The van der Waals surface area contributed by atoms with Crippen LogP contribution < -0.4 is 16.4 Å². The number of rotatable bonds is 0. The molecule has 1 aromatic carbocycles. The van der Waals surface area contributed by atoms with Crippen molar-refractivity contribution in [1.29, 1.82) is 5.26 Å². The third kappa shape index (κ3) is 1.16. The fourth-order valence-electron chi connectivity index (χ4n) is 1.20. The van der Waals surface area contributed by atoms with E-state index in [0.717, 1.165) is 11.4 Å². The number of fused-ring (bicyclic) bond motifs is 1. The number of nitrogens with one attached hydrogen (secondary N) is 2. The minimum absolute atomic E-state index is 0.360. The average molecular weight is 172 g/mol. The summed E-state index contributed by atoms with van der Waals surface area (Å²) in [7, 11) is 0. The molecule has 0 aliphatic carbocycles. The highest BCUT2D eigenvalue weighted by Gasteiger charge is 2.13. The lowest BCUT2D eigenvalue weighted by atomic mass is 10.2. The second kappa shape index (κ2) is 2.72. The Labute approximate surface area is 75.7 Å². The highest BCUT2D eigenvalue weighted by molar-refractivity contribution is 5.76.